The van der Waals surface area contributed by atoms with E-state index in [0.717, 1.165) is 49.2 Å². The summed E-state index contributed by atoms with van der Waals surface area (Å²) < 4.78 is 13.3. The lowest BCUT2D eigenvalue weighted by atomic mass is 9.87. The molecular weight excluding hydrogens is 363 g/mol. The molecule has 0 bridgehead atoms. The molecule has 4 nitrogen and oxygen atoms in total. The second kappa shape index (κ2) is 7.80. The molecule has 27 heavy (non-hydrogen) atoms. The zero-order valence-electron chi connectivity index (χ0n) is 15.2. The number of nitrogens with zero attached hydrogens (tertiary/aromatic N) is 1. The number of nitrogens with one attached hydrogen (secondary N) is 1. The number of carbonyl (C=O) groups excluding carboxylic acids is 2. The molecule has 0 spiro atoms. The van der Waals surface area contributed by atoms with Crippen molar-refractivity contribution in [1.82, 2.24) is 4.90 Å². The van der Waals surface area contributed by atoms with Crippen LogP contribution in [-0.2, 0) is 17.6 Å². The third kappa shape index (κ3) is 4.05. The fraction of sp³-hybridized carbons (Fsp3) is 0.429. The Hall–Kier alpha value is -2.21. The van der Waals surface area contributed by atoms with Crippen LogP contribution in [0.5, 0.6) is 0 Å². The summed E-state index contributed by atoms with van der Waals surface area (Å²) >= 11 is 1.58. The van der Waals surface area contributed by atoms with Crippen LogP contribution in [0.1, 0.15) is 45.8 Å². The summed E-state index contributed by atoms with van der Waals surface area (Å²) in [5, 5.41) is 2.81. The Morgan fingerprint density at radius 3 is 2.74 bits per heavy atom. The molecule has 1 fully saturated rings. The molecule has 0 saturated carbocycles. The highest BCUT2D eigenvalue weighted by molar-refractivity contribution is 7.14. The van der Waals surface area contributed by atoms with Gasteiger partial charge < -0.3 is 10.2 Å². The van der Waals surface area contributed by atoms with E-state index in [0.29, 0.717) is 12.1 Å². The van der Waals surface area contributed by atoms with Crippen LogP contribution in [0.25, 0.3) is 0 Å². The van der Waals surface area contributed by atoms with Gasteiger partial charge in [0.05, 0.1) is 4.88 Å². The van der Waals surface area contributed by atoms with Crippen molar-refractivity contribution in [1.29, 1.82) is 0 Å². The van der Waals surface area contributed by atoms with Crippen LogP contribution < -0.4 is 5.32 Å². The number of anilines is 1. The topological polar surface area (TPSA) is 49.4 Å². The van der Waals surface area contributed by atoms with Crippen molar-refractivity contribution < 1.29 is 14.0 Å². The number of carbonyl (C=O) groups is 2. The van der Waals surface area contributed by atoms with Crippen LogP contribution in [0.3, 0.4) is 0 Å². The van der Waals surface area contributed by atoms with E-state index in [2.05, 4.69) is 5.32 Å². The molecule has 0 radical (unpaired) electrons. The standard InChI is InChI=1S/C21H23FN2O2S/c22-16-5-4-6-17(13-16)23-20(25)14-7-8-18-15(11-14)12-19(27-18)21(26)24-9-2-1-3-10-24/h4-6,12-14H,1-3,7-11H2,(H,23,25)/t14-/m0/s1. The lowest BCUT2D eigenvalue weighted by Gasteiger charge is -2.26. The Kier molecular flexibility index (Phi) is 5.25. The summed E-state index contributed by atoms with van der Waals surface area (Å²) in [6, 6.07) is 7.94. The SMILES string of the molecule is O=C(Nc1cccc(F)c1)[C@H]1CCc2sc(C(=O)N3CCCCC3)cc2C1. The minimum absolute atomic E-state index is 0.0821. The summed E-state index contributed by atoms with van der Waals surface area (Å²) in [4.78, 5) is 29.3. The molecule has 2 aliphatic rings. The van der Waals surface area contributed by atoms with E-state index in [4.69, 9.17) is 0 Å². The fourth-order valence-corrected chi connectivity index (χ4v) is 5.09. The predicted octanol–water partition coefficient (Wildman–Crippen LogP) is 4.26. The van der Waals surface area contributed by atoms with Gasteiger partial charge in [-0.1, -0.05) is 6.07 Å². The van der Waals surface area contributed by atoms with Crippen molar-refractivity contribution in [3.8, 4) is 0 Å². The molecule has 6 heteroatoms. The summed E-state index contributed by atoms with van der Waals surface area (Å²) in [7, 11) is 0. The second-order valence-corrected chi connectivity index (χ2v) is 8.49. The number of fused-ring (bicyclic) bond motifs is 1. The van der Waals surface area contributed by atoms with Gasteiger partial charge in [0.25, 0.3) is 5.91 Å². The lowest BCUT2D eigenvalue weighted by molar-refractivity contribution is -0.120. The van der Waals surface area contributed by atoms with Crippen LogP contribution in [0.15, 0.2) is 30.3 Å². The lowest BCUT2D eigenvalue weighted by Crippen LogP contribution is -2.35. The molecule has 1 N–H and O–H groups in total. The molecular formula is C21H23FN2O2S. The molecule has 1 aromatic heterocycles. The first kappa shape index (κ1) is 18.2. The van der Waals surface area contributed by atoms with Crippen LogP contribution in [0.4, 0.5) is 10.1 Å². The monoisotopic (exact) mass is 386 g/mol. The van der Waals surface area contributed by atoms with Crippen LogP contribution in [0.2, 0.25) is 0 Å². The quantitative estimate of drug-likeness (QED) is 0.857. The third-order valence-corrected chi connectivity index (χ3v) is 6.62. The van der Waals surface area contributed by atoms with Gasteiger partial charge in [0.15, 0.2) is 0 Å². The summed E-state index contributed by atoms with van der Waals surface area (Å²) in [5.74, 6) is -0.457. The van der Waals surface area contributed by atoms with Gasteiger partial charge in [-0.15, -0.1) is 11.3 Å². The molecule has 1 aromatic carbocycles. The Balaban J connectivity index is 1.43. The molecule has 2 heterocycles. The molecule has 1 aliphatic heterocycles. The van der Waals surface area contributed by atoms with Crippen LogP contribution in [-0.4, -0.2) is 29.8 Å². The van der Waals surface area contributed by atoms with Gasteiger partial charge in [-0.3, -0.25) is 9.59 Å². The molecule has 2 amide bonds. The van der Waals surface area contributed by atoms with E-state index >= 15 is 0 Å². The summed E-state index contributed by atoms with van der Waals surface area (Å²) in [6.07, 6.45) is 5.58. The highest BCUT2D eigenvalue weighted by Crippen LogP contribution is 2.34. The summed E-state index contributed by atoms with van der Waals surface area (Å²) in [5.41, 5.74) is 1.60. The molecule has 1 atom stereocenters. The van der Waals surface area contributed by atoms with Crippen molar-refractivity contribution in [2.45, 2.75) is 38.5 Å². The van der Waals surface area contributed by atoms with Crippen molar-refractivity contribution in [3.63, 3.8) is 0 Å². The van der Waals surface area contributed by atoms with Gasteiger partial charge in [0.1, 0.15) is 5.82 Å². The summed E-state index contributed by atoms with van der Waals surface area (Å²) in [6.45, 7) is 1.69. The number of hydrogen-bond acceptors (Lipinski definition) is 3. The predicted molar refractivity (Wildman–Crippen MR) is 105 cm³/mol. The molecule has 142 valence electrons. The van der Waals surface area contributed by atoms with Crippen molar-refractivity contribution >= 4 is 28.8 Å². The number of piperidine rings is 1. The van der Waals surface area contributed by atoms with Gasteiger partial charge in [-0.25, -0.2) is 4.39 Å². The Morgan fingerprint density at radius 2 is 1.96 bits per heavy atom. The highest BCUT2D eigenvalue weighted by Gasteiger charge is 2.29. The minimum atomic E-state index is -0.363. The van der Waals surface area contributed by atoms with E-state index in [9.17, 15) is 14.0 Å². The Morgan fingerprint density at radius 1 is 1.15 bits per heavy atom. The maximum atomic E-state index is 13.3. The number of likely N-dealkylation sites (tertiary alicyclic amines) is 1. The Bertz CT molecular complexity index is 858. The zero-order valence-corrected chi connectivity index (χ0v) is 16.0. The van der Waals surface area contributed by atoms with E-state index in [1.807, 2.05) is 11.0 Å². The van der Waals surface area contributed by atoms with Crippen LogP contribution in [0, 0.1) is 11.7 Å². The number of halogens is 1. The average molecular weight is 386 g/mol. The Labute approximate surface area is 162 Å². The van der Waals surface area contributed by atoms with Gasteiger partial charge in [0, 0.05) is 29.6 Å². The van der Waals surface area contributed by atoms with E-state index in [-0.39, 0.29) is 23.5 Å². The zero-order chi connectivity index (χ0) is 18.8. The first-order valence-electron chi connectivity index (χ1n) is 9.57. The van der Waals surface area contributed by atoms with Crippen molar-refractivity contribution in [3.05, 3.63) is 51.5 Å². The van der Waals surface area contributed by atoms with E-state index in [1.165, 1.54) is 23.4 Å². The minimum Gasteiger partial charge on any atom is -0.338 e. The van der Waals surface area contributed by atoms with Crippen molar-refractivity contribution in [2.75, 3.05) is 18.4 Å². The molecule has 2 aromatic rings. The molecule has 0 unspecified atom stereocenters. The molecule has 1 saturated heterocycles. The van der Waals surface area contributed by atoms with E-state index < -0.39 is 0 Å². The number of rotatable bonds is 3. The first-order chi connectivity index (χ1) is 13.1. The highest BCUT2D eigenvalue weighted by atomic mass is 32.1. The van der Waals surface area contributed by atoms with Gasteiger partial charge in [0.2, 0.25) is 5.91 Å². The maximum absolute atomic E-state index is 13.3. The number of aryl methyl sites for hydroxylation is 1. The number of amides is 2. The van der Waals surface area contributed by atoms with Crippen molar-refractivity contribution in [2.24, 2.45) is 5.92 Å². The molecule has 4 rings (SSSR count). The fourth-order valence-electron chi connectivity index (χ4n) is 3.92. The molecule has 1 aliphatic carbocycles. The van der Waals surface area contributed by atoms with Gasteiger partial charge >= 0.3 is 0 Å². The number of hydrogen-bond donors (Lipinski definition) is 1. The number of thiophene rings is 1. The first-order valence-corrected chi connectivity index (χ1v) is 10.4. The largest absolute Gasteiger partial charge is 0.338 e. The normalized spacial score (nSPS) is 19.4. The second-order valence-electron chi connectivity index (χ2n) is 7.35. The van der Waals surface area contributed by atoms with Gasteiger partial charge in [-0.2, -0.15) is 0 Å². The third-order valence-electron chi connectivity index (χ3n) is 5.40. The van der Waals surface area contributed by atoms with Gasteiger partial charge in [-0.05, 0) is 68.4 Å². The smallest absolute Gasteiger partial charge is 0.263 e. The van der Waals surface area contributed by atoms with Crippen LogP contribution >= 0.6 is 11.3 Å². The van der Waals surface area contributed by atoms with E-state index in [1.54, 1.807) is 23.5 Å². The number of benzene rings is 1. The average Bonchev–Trinajstić information content (AvgIpc) is 3.11. The maximum Gasteiger partial charge on any atom is 0.263 e.